The predicted octanol–water partition coefficient (Wildman–Crippen LogP) is 3.70. The van der Waals surface area contributed by atoms with Crippen LogP contribution in [-0.4, -0.2) is 26.2 Å². The fourth-order valence-electron chi connectivity index (χ4n) is 2.39. The van der Waals surface area contributed by atoms with Gasteiger partial charge in [0, 0.05) is 22.6 Å². The normalized spacial score (nSPS) is 11.3. The highest BCUT2D eigenvalue weighted by atomic mass is 32.1. The molecule has 1 aromatic heterocycles. The molecule has 4 N–H and O–H groups in total. The van der Waals surface area contributed by atoms with Crippen molar-refractivity contribution in [2.24, 2.45) is 0 Å². The molecule has 0 saturated carbocycles. The van der Waals surface area contributed by atoms with E-state index in [1.807, 2.05) is 0 Å². The average Bonchev–Trinajstić information content (AvgIpc) is 3.02. The molecule has 0 spiro atoms. The van der Waals surface area contributed by atoms with E-state index >= 15 is 0 Å². The highest BCUT2D eigenvalue weighted by molar-refractivity contribution is 7.14. The Balaban J connectivity index is 1.75. The number of phenols is 2. The molecule has 134 valence electrons. The van der Waals surface area contributed by atoms with Crippen molar-refractivity contribution in [1.82, 2.24) is 4.98 Å². The number of aliphatic hydroxyl groups is 1. The minimum Gasteiger partial charge on any atom is -0.508 e. The molecule has 0 unspecified atom stereocenters. The number of thiazole rings is 1. The van der Waals surface area contributed by atoms with Gasteiger partial charge < -0.3 is 15.3 Å². The molecule has 7 heteroatoms. The monoisotopic (exact) mass is 370 g/mol. The van der Waals surface area contributed by atoms with Gasteiger partial charge >= 0.3 is 0 Å². The number of nitrogens with one attached hydrogen (secondary N) is 1. The van der Waals surface area contributed by atoms with Gasteiger partial charge in [0.05, 0.1) is 11.3 Å². The number of hydrogen-bond acceptors (Lipinski definition) is 6. The third-order valence-electron chi connectivity index (χ3n) is 3.84. The van der Waals surface area contributed by atoms with Gasteiger partial charge in [0.15, 0.2) is 5.13 Å². The Hall–Kier alpha value is -2.90. The van der Waals surface area contributed by atoms with Crippen LogP contribution in [-0.2, 0) is 5.60 Å². The van der Waals surface area contributed by atoms with Crippen LogP contribution in [0, 0.1) is 0 Å². The third kappa shape index (κ3) is 3.84. The molecule has 0 fully saturated rings. The van der Waals surface area contributed by atoms with Crippen molar-refractivity contribution >= 4 is 22.4 Å². The quantitative estimate of drug-likeness (QED) is 0.561. The van der Waals surface area contributed by atoms with Crippen LogP contribution in [0.15, 0.2) is 47.8 Å². The van der Waals surface area contributed by atoms with Gasteiger partial charge in [-0.1, -0.05) is 12.1 Å². The number of nitrogens with zero attached hydrogens (tertiary/aromatic N) is 1. The molecule has 6 nitrogen and oxygen atoms in total. The molecule has 0 aliphatic rings. The lowest BCUT2D eigenvalue weighted by Gasteiger charge is -2.17. The minimum atomic E-state index is -0.967. The number of aromatic nitrogens is 1. The van der Waals surface area contributed by atoms with Crippen molar-refractivity contribution in [3.05, 3.63) is 59.0 Å². The molecule has 3 rings (SSSR count). The van der Waals surface area contributed by atoms with Crippen molar-refractivity contribution in [1.29, 1.82) is 0 Å². The second-order valence-corrected chi connectivity index (χ2v) is 7.19. The van der Waals surface area contributed by atoms with E-state index in [0.717, 1.165) is 0 Å². The lowest BCUT2D eigenvalue weighted by molar-refractivity contribution is 0.0785. The molecule has 0 atom stereocenters. The van der Waals surface area contributed by atoms with E-state index in [9.17, 15) is 20.1 Å². The first-order valence-electron chi connectivity index (χ1n) is 7.86. The number of carbonyl (C=O) groups excluding carboxylic acids is 1. The van der Waals surface area contributed by atoms with Crippen molar-refractivity contribution in [2.45, 2.75) is 19.4 Å². The number of aromatic hydroxyl groups is 2. The molecule has 2 aromatic carbocycles. The SMILES string of the molecule is CC(C)(O)c1ccc(C(=O)Nc2nc(-c3ccc(O)cc3O)cs2)cc1. The third-order valence-corrected chi connectivity index (χ3v) is 4.59. The molecule has 1 amide bonds. The maximum Gasteiger partial charge on any atom is 0.257 e. The van der Waals surface area contributed by atoms with Crippen LogP contribution < -0.4 is 5.32 Å². The van der Waals surface area contributed by atoms with E-state index in [1.165, 1.54) is 23.5 Å². The lowest BCUT2D eigenvalue weighted by Crippen LogP contribution is -2.16. The Bertz CT molecular complexity index is 943. The van der Waals surface area contributed by atoms with E-state index < -0.39 is 5.60 Å². The molecule has 0 aliphatic heterocycles. The summed E-state index contributed by atoms with van der Waals surface area (Å²) in [5, 5.41) is 34.0. The first-order chi connectivity index (χ1) is 12.2. The van der Waals surface area contributed by atoms with Crippen LogP contribution in [0.3, 0.4) is 0 Å². The summed E-state index contributed by atoms with van der Waals surface area (Å²) in [5.41, 5.74) is 1.16. The highest BCUT2D eigenvalue weighted by Crippen LogP contribution is 2.33. The summed E-state index contributed by atoms with van der Waals surface area (Å²) in [6.07, 6.45) is 0. The van der Waals surface area contributed by atoms with Gasteiger partial charge in [-0.2, -0.15) is 0 Å². The van der Waals surface area contributed by atoms with Crippen LogP contribution in [0.1, 0.15) is 29.8 Å². The van der Waals surface area contributed by atoms with Crippen LogP contribution in [0.2, 0.25) is 0 Å². The van der Waals surface area contributed by atoms with Gasteiger partial charge in [-0.25, -0.2) is 4.98 Å². The van der Waals surface area contributed by atoms with Gasteiger partial charge in [0.2, 0.25) is 0 Å². The summed E-state index contributed by atoms with van der Waals surface area (Å²) >= 11 is 1.23. The van der Waals surface area contributed by atoms with Crippen LogP contribution in [0.4, 0.5) is 5.13 Å². The molecule has 0 aliphatic carbocycles. The summed E-state index contributed by atoms with van der Waals surface area (Å²) in [4.78, 5) is 16.6. The maximum absolute atomic E-state index is 12.3. The van der Waals surface area contributed by atoms with Gasteiger partial charge in [0.25, 0.3) is 5.91 Å². The second kappa shape index (κ2) is 6.78. The van der Waals surface area contributed by atoms with E-state index in [4.69, 9.17) is 0 Å². The zero-order valence-corrected chi connectivity index (χ0v) is 15.0. The van der Waals surface area contributed by atoms with Crippen LogP contribution in [0.5, 0.6) is 11.5 Å². The van der Waals surface area contributed by atoms with Crippen molar-refractivity contribution < 1.29 is 20.1 Å². The number of rotatable bonds is 4. The summed E-state index contributed by atoms with van der Waals surface area (Å²) in [6, 6.07) is 10.9. The zero-order chi connectivity index (χ0) is 18.9. The Morgan fingerprint density at radius 1 is 1.12 bits per heavy atom. The second-order valence-electron chi connectivity index (χ2n) is 6.33. The van der Waals surface area contributed by atoms with Crippen LogP contribution >= 0.6 is 11.3 Å². The Morgan fingerprint density at radius 2 is 1.81 bits per heavy atom. The van der Waals surface area contributed by atoms with Crippen molar-refractivity contribution in [3.8, 4) is 22.8 Å². The van der Waals surface area contributed by atoms with E-state index in [0.29, 0.717) is 27.5 Å². The predicted molar refractivity (Wildman–Crippen MR) is 101 cm³/mol. The largest absolute Gasteiger partial charge is 0.508 e. The fraction of sp³-hybridized carbons (Fsp3) is 0.158. The first-order valence-corrected chi connectivity index (χ1v) is 8.74. The first kappa shape index (κ1) is 17.9. The average molecular weight is 370 g/mol. The van der Waals surface area contributed by atoms with E-state index in [1.54, 1.807) is 49.6 Å². The molecule has 0 bridgehead atoms. The molecule has 0 saturated heterocycles. The summed E-state index contributed by atoms with van der Waals surface area (Å²) in [5.74, 6) is -0.442. The zero-order valence-electron chi connectivity index (χ0n) is 14.2. The summed E-state index contributed by atoms with van der Waals surface area (Å²) < 4.78 is 0. The summed E-state index contributed by atoms with van der Waals surface area (Å²) in [7, 11) is 0. The van der Waals surface area contributed by atoms with Gasteiger partial charge in [-0.3, -0.25) is 10.1 Å². The van der Waals surface area contributed by atoms with Gasteiger partial charge in [-0.15, -0.1) is 11.3 Å². The molecular weight excluding hydrogens is 352 g/mol. The maximum atomic E-state index is 12.3. The highest BCUT2D eigenvalue weighted by Gasteiger charge is 2.17. The standard InChI is InChI=1S/C19H18N2O4S/c1-19(2,25)12-5-3-11(4-6-12)17(24)21-18-20-15(10-26-18)14-8-7-13(22)9-16(14)23/h3-10,22-23,25H,1-2H3,(H,20,21,24). The van der Waals surface area contributed by atoms with Crippen molar-refractivity contribution in [2.75, 3.05) is 5.32 Å². The fourth-order valence-corrected chi connectivity index (χ4v) is 3.10. The number of benzene rings is 2. The number of hydrogen-bond donors (Lipinski definition) is 4. The number of amides is 1. The van der Waals surface area contributed by atoms with Gasteiger partial charge in [-0.05, 0) is 43.7 Å². The van der Waals surface area contributed by atoms with Crippen LogP contribution in [0.25, 0.3) is 11.3 Å². The van der Waals surface area contributed by atoms with E-state index in [2.05, 4.69) is 10.3 Å². The Kier molecular flexibility index (Phi) is 4.67. The molecular formula is C19H18N2O4S. The topological polar surface area (TPSA) is 103 Å². The molecule has 1 heterocycles. The number of phenolic OH excluding ortho intramolecular Hbond substituents is 2. The van der Waals surface area contributed by atoms with E-state index in [-0.39, 0.29) is 17.4 Å². The Morgan fingerprint density at radius 3 is 2.42 bits per heavy atom. The lowest BCUT2D eigenvalue weighted by atomic mass is 9.97. The smallest absolute Gasteiger partial charge is 0.257 e. The number of anilines is 1. The molecule has 0 radical (unpaired) electrons. The van der Waals surface area contributed by atoms with Crippen molar-refractivity contribution in [3.63, 3.8) is 0 Å². The Labute approximate surface area is 154 Å². The molecule has 3 aromatic rings. The van der Waals surface area contributed by atoms with Gasteiger partial charge in [0.1, 0.15) is 11.5 Å². The minimum absolute atomic E-state index is 0.0375. The number of carbonyl (C=O) groups is 1. The summed E-state index contributed by atoms with van der Waals surface area (Å²) in [6.45, 7) is 3.36. The molecule has 26 heavy (non-hydrogen) atoms.